The summed E-state index contributed by atoms with van der Waals surface area (Å²) in [7, 11) is 0. The van der Waals surface area contributed by atoms with Gasteiger partial charge in [-0.2, -0.15) is 5.10 Å². The average Bonchev–Trinajstić information content (AvgIpc) is 2.97. The molecule has 0 radical (unpaired) electrons. The van der Waals surface area contributed by atoms with Gasteiger partial charge in [-0.25, -0.2) is 0 Å². The first kappa shape index (κ1) is 14.8. The second kappa shape index (κ2) is 7.82. The van der Waals surface area contributed by atoms with E-state index in [1.807, 2.05) is 29.1 Å². The van der Waals surface area contributed by atoms with E-state index in [4.69, 9.17) is 0 Å². The molecule has 4 heteroatoms. The first-order chi connectivity index (χ1) is 9.83. The summed E-state index contributed by atoms with van der Waals surface area (Å²) < 4.78 is 1.94. The van der Waals surface area contributed by atoms with Gasteiger partial charge in [-0.1, -0.05) is 37.3 Å². The monoisotopic (exact) mass is 273 g/mol. The molecule has 2 rings (SSSR count). The van der Waals surface area contributed by atoms with Gasteiger partial charge in [0.2, 0.25) is 0 Å². The Morgan fingerprint density at radius 2 is 2.05 bits per heavy atom. The quantitative estimate of drug-likeness (QED) is 0.776. The van der Waals surface area contributed by atoms with Gasteiger partial charge in [0, 0.05) is 24.3 Å². The van der Waals surface area contributed by atoms with Crippen LogP contribution in [0.5, 0.6) is 0 Å². The predicted molar refractivity (Wildman–Crippen MR) is 81.4 cm³/mol. The summed E-state index contributed by atoms with van der Waals surface area (Å²) in [6.45, 7) is 4.06. The van der Waals surface area contributed by atoms with Gasteiger partial charge >= 0.3 is 0 Å². The lowest BCUT2D eigenvalue weighted by molar-refractivity contribution is 0.230. The number of aliphatic hydroxyl groups excluding tert-OH is 1. The standard InChI is InChI=1S/C16H23N3O/c1-2-9-17-16(13-20)8-10-19-12-15(11-18-19)14-6-4-3-5-7-14/h3-7,11-12,16-17,20H,2,8-10,13H2,1H3. The second-order valence-electron chi connectivity index (χ2n) is 4.98. The van der Waals surface area contributed by atoms with Crippen molar-refractivity contribution < 1.29 is 5.11 Å². The Bertz CT molecular complexity index is 495. The van der Waals surface area contributed by atoms with Crippen LogP contribution < -0.4 is 5.32 Å². The molecule has 2 aromatic rings. The van der Waals surface area contributed by atoms with Crippen LogP contribution in [-0.2, 0) is 6.54 Å². The van der Waals surface area contributed by atoms with Crippen LogP contribution in [0.25, 0.3) is 11.1 Å². The number of aromatic nitrogens is 2. The molecule has 1 unspecified atom stereocenters. The first-order valence-electron chi connectivity index (χ1n) is 7.25. The normalized spacial score (nSPS) is 12.5. The van der Waals surface area contributed by atoms with Gasteiger partial charge in [0.15, 0.2) is 0 Å². The molecule has 0 amide bonds. The van der Waals surface area contributed by atoms with Crippen LogP contribution in [0, 0.1) is 0 Å². The molecule has 1 aromatic heterocycles. The zero-order valence-electron chi connectivity index (χ0n) is 12.0. The van der Waals surface area contributed by atoms with Crippen molar-refractivity contribution in [3.8, 4) is 11.1 Å². The average molecular weight is 273 g/mol. The molecule has 0 aliphatic heterocycles. The first-order valence-corrected chi connectivity index (χ1v) is 7.25. The number of hydrogen-bond acceptors (Lipinski definition) is 3. The molecule has 20 heavy (non-hydrogen) atoms. The van der Waals surface area contributed by atoms with Gasteiger partial charge in [0.25, 0.3) is 0 Å². The highest BCUT2D eigenvalue weighted by Gasteiger charge is 2.07. The van der Waals surface area contributed by atoms with E-state index >= 15 is 0 Å². The minimum Gasteiger partial charge on any atom is -0.395 e. The number of hydrogen-bond donors (Lipinski definition) is 2. The van der Waals surface area contributed by atoms with Crippen LogP contribution in [0.1, 0.15) is 19.8 Å². The summed E-state index contributed by atoms with van der Waals surface area (Å²) in [5.74, 6) is 0. The fourth-order valence-corrected chi connectivity index (χ4v) is 2.16. The number of nitrogens with zero attached hydrogens (tertiary/aromatic N) is 2. The zero-order chi connectivity index (χ0) is 14.2. The van der Waals surface area contributed by atoms with Crippen molar-refractivity contribution in [3.05, 3.63) is 42.7 Å². The fourth-order valence-electron chi connectivity index (χ4n) is 2.16. The highest BCUT2D eigenvalue weighted by atomic mass is 16.3. The Morgan fingerprint density at radius 1 is 1.25 bits per heavy atom. The van der Waals surface area contributed by atoms with Gasteiger partial charge in [-0.3, -0.25) is 4.68 Å². The lowest BCUT2D eigenvalue weighted by Crippen LogP contribution is -2.34. The van der Waals surface area contributed by atoms with Gasteiger partial charge in [0.1, 0.15) is 0 Å². The Hall–Kier alpha value is -1.65. The number of aryl methyl sites for hydroxylation is 1. The summed E-state index contributed by atoms with van der Waals surface area (Å²) in [4.78, 5) is 0. The SMILES string of the molecule is CCCNC(CO)CCn1cc(-c2ccccc2)cn1. The maximum absolute atomic E-state index is 9.32. The highest BCUT2D eigenvalue weighted by molar-refractivity contribution is 5.61. The van der Waals surface area contributed by atoms with Crippen molar-refractivity contribution in [1.29, 1.82) is 0 Å². The summed E-state index contributed by atoms with van der Waals surface area (Å²) in [6.07, 6.45) is 5.91. The third-order valence-corrected chi connectivity index (χ3v) is 3.35. The van der Waals surface area contributed by atoms with Crippen LogP contribution in [0.15, 0.2) is 42.7 Å². The molecule has 0 bridgehead atoms. The van der Waals surface area contributed by atoms with Crippen LogP contribution in [0.3, 0.4) is 0 Å². The van der Waals surface area contributed by atoms with E-state index in [1.54, 1.807) is 0 Å². The number of aliphatic hydroxyl groups is 1. The molecule has 1 atom stereocenters. The van der Waals surface area contributed by atoms with Gasteiger partial charge in [-0.15, -0.1) is 0 Å². The minimum atomic E-state index is 0.152. The molecule has 0 aliphatic carbocycles. The van der Waals surface area contributed by atoms with E-state index in [2.05, 4.69) is 35.7 Å². The van der Waals surface area contributed by atoms with E-state index in [9.17, 15) is 5.11 Å². The fraction of sp³-hybridized carbons (Fsp3) is 0.438. The zero-order valence-corrected chi connectivity index (χ0v) is 12.0. The second-order valence-corrected chi connectivity index (χ2v) is 4.98. The van der Waals surface area contributed by atoms with E-state index < -0.39 is 0 Å². The van der Waals surface area contributed by atoms with Crippen molar-refractivity contribution in [1.82, 2.24) is 15.1 Å². The molecule has 0 saturated carbocycles. The van der Waals surface area contributed by atoms with Gasteiger partial charge < -0.3 is 10.4 Å². The van der Waals surface area contributed by atoms with Crippen LogP contribution in [0.2, 0.25) is 0 Å². The molecule has 4 nitrogen and oxygen atoms in total. The molecule has 0 spiro atoms. The number of rotatable bonds is 8. The van der Waals surface area contributed by atoms with Crippen molar-refractivity contribution in [3.63, 3.8) is 0 Å². The Morgan fingerprint density at radius 3 is 2.75 bits per heavy atom. The van der Waals surface area contributed by atoms with Crippen molar-refractivity contribution >= 4 is 0 Å². The van der Waals surface area contributed by atoms with Crippen molar-refractivity contribution in [2.75, 3.05) is 13.2 Å². The van der Waals surface area contributed by atoms with Crippen molar-refractivity contribution in [2.24, 2.45) is 0 Å². The van der Waals surface area contributed by atoms with Crippen LogP contribution >= 0.6 is 0 Å². The summed E-state index contributed by atoms with van der Waals surface area (Å²) in [5.41, 5.74) is 2.31. The summed E-state index contributed by atoms with van der Waals surface area (Å²) in [6, 6.07) is 10.4. The molecular formula is C16H23N3O. The molecule has 1 aromatic carbocycles. The predicted octanol–water partition coefficient (Wildman–Crippen LogP) is 2.30. The lowest BCUT2D eigenvalue weighted by atomic mass is 10.1. The topological polar surface area (TPSA) is 50.1 Å². The maximum Gasteiger partial charge on any atom is 0.0585 e. The van der Waals surface area contributed by atoms with Gasteiger partial charge in [0.05, 0.1) is 12.8 Å². The van der Waals surface area contributed by atoms with Gasteiger partial charge in [-0.05, 0) is 24.9 Å². The molecule has 0 aliphatic rings. The Balaban J connectivity index is 1.89. The van der Waals surface area contributed by atoms with Crippen molar-refractivity contribution in [2.45, 2.75) is 32.4 Å². The largest absolute Gasteiger partial charge is 0.395 e. The molecular weight excluding hydrogens is 250 g/mol. The smallest absolute Gasteiger partial charge is 0.0585 e. The van der Waals surface area contributed by atoms with E-state index in [-0.39, 0.29) is 12.6 Å². The van der Waals surface area contributed by atoms with Crippen LogP contribution in [-0.4, -0.2) is 34.1 Å². The van der Waals surface area contributed by atoms with E-state index in [0.717, 1.165) is 31.5 Å². The molecule has 0 fully saturated rings. The molecule has 1 heterocycles. The minimum absolute atomic E-state index is 0.152. The third kappa shape index (κ3) is 4.18. The lowest BCUT2D eigenvalue weighted by Gasteiger charge is -2.15. The van der Waals surface area contributed by atoms with Crippen LogP contribution in [0.4, 0.5) is 0 Å². The summed E-state index contributed by atoms with van der Waals surface area (Å²) in [5, 5.41) is 17.0. The number of benzene rings is 1. The molecule has 0 saturated heterocycles. The van der Waals surface area contributed by atoms with E-state index in [0.29, 0.717) is 0 Å². The summed E-state index contributed by atoms with van der Waals surface area (Å²) >= 11 is 0. The molecule has 108 valence electrons. The molecule has 2 N–H and O–H groups in total. The Labute approximate surface area is 120 Å². The third-order valence-electron chi connectivity index (χ3n) is 3.35. The van der Waals surface area contributed by atoms with E-state index in [1.165, 1.54) is 5.56 Å². The Kier molecular flexibility index (Phi) is 5.77. The highest BCUT2D eigenvalue weighted by Crippen LogP contribution is 2.17. The maximum atomic E-state index is 9.32. The number of nitrogens with one attached hydrogen (secondary N) is 1.